The molecule has 0 aliphatic carbocycles. The first-order valence-electron chi connectivity index (χ1n) is 12.2. The smallest absolute Gasteiger partial charge is 0.497 e. The highest BCUT2D eigenvalue weighted by Crippen LogP contribution is 2.40. The highest BCUT2D eigenvalue weighted by Gasteiger charge is 2.50. The first-order valence-corrected chi connectivity index (χ1v) is 12.2. The van der Waals surface area contributed by atoms with E-state index >= 15 is 8.78 Å². The topological polar surface area (TPSA) is 110 Å². The number of aromatic nitrogens is 1. The Morgan fingerprint density at radius 3 is 2.24 bits per heavy atom. The van der Waals surface area contributed by atoms with Crippen molar-refractivity contribution in [2.45, 2.75) is 37.8 Å². The van der Waals surface area contributed by atoms with Gasteiger partial charge in [0.2, 0.25) is 0 Å². The van der Waals surface area contributed by atoms with Crippen LogP contribution in [0.2, 0.25) is 0 Å². The lowest BCUT2D eigenvalue weighted by Gasteiger charge is -2.26. The summed E-state index contributed by atoms with van der Waals surface area (Å²) in [5, 5.41) is 11.7. The van der Waals surface area contributed by atoms with Gasteiger partial charge in [-0.2, -0.15) is 0 Å². The quantitative estimate of drug-likeness (QED) is 0.395. The van der Waals surface area contributed by atoms with Crippen molar-refractivity contribution in [2.75, 3.05) is 18.6 Å². The summed E-state index contributed by atoms with van der Waals surface area (Å²) in [6, 6.07) is 5.76. The first kappa shape index (κ1) is 29.5. The van der Waals surface area contributed by atoms with E-state index in [1.165, 1.54) is 32.4 Å². The third-order valence-electron chi connectivity index (χ3n) is 6.65. The predicted octanol–water partition coefficient (Wildman–Crippen LogP) is 3.34. The molecule has 9 nitrogen and oxygen atoms in total. The Balaban J connectivity index is 1.76. The summed E-state index contributed by atoms with van der Waals surface area (Å²) in [7, 11) is 1.21. The van der Waals surface area contributed by atoms with Crippen LogP contribution in [0.15, 0.2) is 59.5 Å². The molecule has 14 heteroatoms. The Morgan fingerprint density at radius 1 is 1.05 bits per heavy atom. The summed E-state index contributed by atoms with van der Waals surface area (Å²) >= 11 is 0. The van der Waals surface area contributed by atoms with Crippen molar-refractivity contribution in [3.8, 4) is 11.5 Å². The van der Waals surface area contributed by atoms with E-state index in [2.05, 4.69) is 10.1 Å². The molecular formula is C27H24F5N3O6. The van der Waals surface area contributed by atoms with Crippen LogP contribution in [-0.2, 0) is 11.3 Å². The van der Waals surface area contributed by atoms with E-state index in [0.717, 1.165) is 45.9 Å². The lowest BCUT2D eigenvalue weighted by Crippen LogP contribution is -2.44. The fourth-order valence-electron chi connectivity index (χ4n) is 4.86. The monoisotopic (exact) mass is 581 g/mol. The zero-order valence-corrected chi connectivity index (χ0v) is 21.6. The van der Waals surface area contributed by atoms with Crippen LogP contribution in [0, 0.1) is 11.6 Å². The van der Waals surface area contributed by atoms with Crippen LogP contribution in [0.3, 0.4) is 0 Å². The van der Waals surface area contributed by atoms with E-state index in [0.29, 0.717) is 0 Å². The van der Waals surface area contributed by atoms with Crippen LogP contribution in [0.5, 0.6) is 11.5 Å². The number of methoxy groups -OCH3 is 1. The van der Waals surface area contributed by atoms with Gasteiger partial charge >= 0.3 is 6.36 Å². The fraction of sp³-hybridized carbons (Fsp3) is 0.296. The number of halogens is 5. The molecule has 0 spiro atoms. The zero-order chi connectivity index (χ0) is 30.1. The summed E-state index contributed by atoms with van der Waals surface area (Å²) in [4.78, 5) is 41.0. The minimum Gasteiger partial charge on any atom is -0.497 e. The summed E-state index contributed by atoms with van der Waals surface area (Å²) in [5.41, 5.74) is -1.52. The molecular weight excluding hydrogens is 557 g/mol. The average molecular weight is 581 g/mol. The van der Waals surface area contributed by atoms with Crippen molar-refractivity contribution >= 4 is 17.5 Å². The van der Waals surface area contributed by atoms with Crippen LogP contribution >= 0.6 is 0 Å². The number of alkyl halides is 3. The molecule has 2 aromatic carbocycles. The summed E-state index contributed by atoms with van der Waals surface area (Å²) in [6.07, 6.45) is -3.56. The maximum Gasteiger partial charge on any atom is 0.573 e. The van der Waals surface area contributed by atoms with Gasteiger partial charge in [0, 0.05) is 48.0 Å². The third kappa shape index (κ3) is 6.01. The molecule has 0 bridgehead atoms. The van der Waals surface area contributed by atoms with Gasteiger partial charge in [-0.3, -0.25) is 14.4 Å². The van der Waals surface area contributed by atoms with E-state index in [9.17, 15) is 32.7 Å². The van der Waals surface area contributed by atoms with Gasteiger partial charge in [0.15, 0.2) is 0 Å². The molecule has 1 saturated heterocycles. The van der Waals surface area contributed by atoms with Crippen molar-refractivity contribution in [2.24, 2.45) is 0 Å². The number of rotatable bonds is 8. The molecule has 2 amide bonds. The normalized spacial score (nSPS) is 18.9. The highest BCUT2D eigenvalue weighted by molar-refractivity contribution is 6.05. The molecule has 1 aliphatic heterocycles. The zero-order valence-electron chi connectivity index (χ0n) is 21.6. The van der Waals surface area contributed by atoms with Crippen LogP contribution in [0.1, 0.15) is 28.8 Å². The molecule has 4 rings (SSSR count). The number of ether oxygens (including phenoxy) is 2. The number of hydrogen-bond acceptors (Lipinski definition) is 6. The lowest BCUT2D eigenvalue weighted by atomic mass is 9.87. The van der Waals surface area contributed by atoms with Crippen molar-refractivity contribution in [1.29, 1.82) is 0 Å². The number of aliphatic hydroxyl groups is 1. The maximum atomic E-state index is 15.3. The number of nitrogens with zero attached hydrogens (tertiary/aromatic N) is 2. The van der Waals surface area contributed by atoms with Gasteiger partial charge in [-0.15, -0.1) is 13.2 Å². The number of amides is 2. The maximum absolute atomic E-state index is 15.3. The Bertz CT molecular complexity index is 1490. The molecule has 3 aromatic rings. The van der Waals surface area contributed by atoms with E-state index in [4.69, 9.17) is 4.74 Å². The van der Waals surface area contributed by atoms with E-state index in [-0.39, 0.29) is 30.2 Å². The number of aliphatic hydroxyl groups excluding tert-OH is 1. The molecule has 3 atom stereocenters. The Kier molecular flexibility index (Phi) is 8.33. The van der Waals surface area contributed by atoms with Gasteiger partial charge in [0.05, 0.1) is 13.7 Å². The van der Waals surface area contributed by atoms with E-state index < -0.39 is 64.7 Å². The van der Waals surface area contributed by atoms with E-state index in [1.807, 2.05) is 0 Å². The summed E-state index contributed by atoms with van der Waals surface area (Å²) in [6.45, 7) is 0.996. The van der Waals surface area contributed by atoms with Crippen molar-refractivity contribution in [1.82, 2.24) is 9.88 Å². The van der Waals surface area contributed by atoms with Crippen molar-refractivity contribution < 1.29 is 46.1 Å². The van der Waals surface area contributed by atoms with Crippen LogP contribution in [-0.4, -0.2) is 53.7 Å². The number of benzene rings is 2. The number of nitrogens with one attached hydrogen (secondary N) is 1. The summed E-state index contributed by atoms with van der Waals surface area (Å²) in [5.74, 6) is -5.99. The van der Waals surface area contributed by atoms with Crippen molar-refractivity contribution in [3.05, 3.63) is 87.8 Å². The van der Waals surface area contributed by atoms with Crippen LogP contribution in [0.4, 0.5) is 27.6 Å². The van der Waals surface area contributed by atoms with E-state index in [1.54, 1.807) is 0 Å². The summed E-state index contributed by atoms with van der Waals surface area (Å²) < 4.78 is 77.9. The number of carbonyl (C=O) groups excluding carboxylic acids is 2. The van der Waals surface area contributed by atoms with Crippen molar-refractivity contribution in [3.63, 3.8) is 0 Å². The Morgan fingerprint density at radius 2 is 1.68 bits per heavy atom. The molecule has 1 aliphatic rings. The second kappa shape index (κ2) is 11.6. The van der Waals surface area contributed by atoms with Gasteiger partial charge in [0.25, 0.3) is 17.4 Å². The van der Waals surface area contributed by atoms with Gasteiger partial charge < -0.3 is 29.4 Å². The number of hydrogen-bond donors (Lipinski definition) is 2. The van der Waals surface area contributed by atoms with Gasteiger partial charge in [-0.05, 0) is 43.3 Å². The van der Waals surface area contributed by atoms with Gasteiger partial charge in [0.1, 0.15) is 34.9 Å². The van der Waals surface area contributed by atoms with Crippen LogP contribution < -0.4 is 25.2 Å². The number of pyridine rings is 1. The molecule has 2 N–H and O–H groups in total. The Hall–Kier alpha value is -4.46. The number of anilines is 1. The number of carbonyl (C=O) groups is 2. The largest absolute Gasteiger partial charge is 0.573 e. The molecule has 1 unspecified atom stereocenters. The standard InChI is InChI=1S/C27H24F5N3O6/c1-14-21(22-18(28)12-17(40-2)13-19(22)29)23(26(39)35(14)20-4-3-9-34(10-11-36)25(20)38)33-24(37)15-5-7-16(8-6-15)41-27(30,31)32/h3-9,12-14,21,23,36H,10-11H2,1-2H3,(H,33,37)/t14-,21+,23?/m1/s1. The second-order valence-corrected chi connectivity index (χ2v) is 9.12. The SMILES string of the molecule is COc1cc(F)c([C@H]2C(NC(=O)c3ccc(OC(F)(F)F)cc3)C(=O)N(c3cccn(CCO)c3=O)[C@@H]2C)c(F)c1. The minimum atomic E-state index is -4.95. The molecule has 0 saturated carbocycles. The first-order chi connectivity index (χ1) is 19.4. The molecule has 218 valence electrons. The third-order valence-corrected chi connectivity index (χ3v) is 6.65. The molecule has 2 heterocycles. The molecule has 1 fully saturated rings. The van der Waals surface area contributed by atoms with Crippen LogP contribution in [0.25, 0.3) is 0 Å². The predicted molar refractivity (Wildman–Crippen MR) is 135 cm³/mol. The average Bonchev–Trinajstić information content (AvgIpc) is 3.13. The highest BCUT2D eigenvalue weighted by atomic mass is 19.4. The van der Waals surface area contributed by atoms with Gasteiger partial charge in [-0.25, -0.2) is 8.78 Å². The Labute approximate surface area is 229 Å². The van der Waals surface area contributed by atoms with Gasteiger partial charge in [-0.1, -0.05) is 0 Å². The minimum absolute atomic E-state index is 0.0809. The molecule has 0 radical (unpaired) electrons. The second-order valence-electron chi connectivity index (χ2n) is 9.12. The lowest BCUT2D eigenvalue weighted by molar-refractivity contribution is -0.274. The fourth-order valence-corrected chi connectivity index (χ4v) is 4.86. The molecule has 41 heavy (non-hydrogen) atoms. The molecule has 1 aromatic heterocycles.